The molecule has 2 aromatic carbocycles. The van der Waals surface area contributed by atoms with Gasteiger partial charge < -0.3 is 5.32 Å². The molecule has 0 fully saturated rings. The first kappa shape index (κ1) is 17.5. The van der Waals surface area contributed by atoms with Gasteiger partial charge in [-0.2, -0.15) is 5.10 Å². The summed E-state index contributed by atoms with van der Waals surface area (Å²) in [4.78, 5) is 12.7. The minimum Gasteiger partial charge on any atom is -0.345 e. The number of hydrogen-bond acceptors (Lipinski definition) is 2. The number of nitrogens with zero attached hydrogens (tertiary/aromatic N) is 2. The predicted molar refractivity (Wildman–Crippen MR) is 107 cm³/mol. The molecule has 138 valence electrons. The highest BCUT2D eigenvalue weighted by molar-refractivity contribution is 5.94. The number of carbonyl (C=O) groups is 1. The predicted octanol–water partition coefficient (Wildman–Crippen LogP) is 4.36. The molecule has 1 N–H and O–H groups in total. The number of fused-ring (bicyclic) bond motifs is 1. The van der Waals surface area contributed by atoms with E-state index in [-0.39, 0.29) is 11.9 Å². The number of hydrogen-bond donors (Lipinski definition) is 1. The van der Waals surface area contributed by atoms with Crippen molar-refractivity contribution in [2.75, 3.05) is 0 Å². The number of rotatable bonds is 4. The summed E-state index contributed by atoms with van der Waals surface area (Å²) in [6.45, 7) is 4.78. The fourth-order valence-corrected chi connectivity index (χ4v) is 3.91. The average molecular weight is 359 g/mol. The Morgan fingerprint density at radius 3 is 2.67 bits per heavy atom. The molecule has 4 nitrogen and oxygen atoms in total. The van der Waals surface area contributed by atoms with Crippen LogP contribution in [0.15, 0.2) is 54.6 Å². The van der Waals surface area contributed by atoms with E-state index in [4.69, 9.17) is 0 Å². The Kier molecular flexibility index (Phi) is 4.80. The molecule has 1 unspecified atom stereocenters. The van der Waals surface area contributed by atoms with Gasteiger partial charge in [0.15, 0.2) is 0 Å². The van der Waals surface area contributed by atoms with Gasteiger partial charge in [0.25, 0.3) is 5.91 Å². The van der Waals surface area contributed by atoms with Crippen molar-refractivity contribution in [2.45, 2.75) is 45.7 Å². The summed E-state index contributed by atoms with van der Waals surface area (Å²) < 4.78 is 1.99. The van der Waals surface area contributed by atoms with Crippen LogP contribution in [0.3, 0.4) is 0 Å². The molecule has 0 saturated carbocycles. The van der Waals surface area contributed by atoms with Gasteiger partial charge in [0.05, 0.1) is 18.3 Å². The third-order valence-electron chi connectivity index (χ3n) is 5.33. The minimum atomic E-state index is -0.00522. The van der Waals surface area contributed by atoms with E-state index >= 15 is 0 Å². The van der Waals surface area contributed by atoms with Gasteiger partial charge >= 0.3 is 0 Å². The summed E-state index contributed by atoms with van der Waals surface area (Å²) in [7, 11) is 0. The Bertz CT molecular complexity index is 956. The van der Waals surface area contributed by atoms with Crippen molar-refractivity contribution in [3.8, 4) is 0 Å². The maximum Gasteiger partial charge on any atom is 0.251 e. The molecule has 1 amide bonds. The van der Waals surface area contributed by atoms with E-state index in [0.29, 0.717) is 5.56 Å². The third-order valence-corrected chi connectivity index (χ3v) is 5.33. The summed E-state index contributed by atoms with van der Waals surface area (Å²) >= 11 is 0. The first-order valence-electron chi connectivity index (χ1n) is 9.59. The summed E-state index contributed by atoms with van der Waals surface area (Å²) in [5.74, 6) is -0.00522. The third kappa shape index (κ3) is 3.80. The SMILES string of the molecule is Cc1cc(C)n(Cc2ccc(C(=O)NC3CCCc4ccccc43)cc2)n1. The second-order valence-electron chi connectivity index (χ2n) is 7.40. The number of carbonyl (C=O) groups excluding carboxylic acids is 1. The zero-order valence-electron chi connectivity index (χ0n) is 15.9. The zero-order valence-corrected chi connectivity index (χ0v) is 15.9. The fraction of sp³-hybridized carbons (Fsp3) is 0.304. The van der Waals surface area contributed by atoms with E-state index in [2.05, 4.69) is 47.7 Å². The normalized spacial score (nSPS) is 16.0. The van der Waals surface area contributed by atoms with Gasteiger partial charge in [-0.15, -0.1) is 0 Å². The van der Waals surface area contributed by atoms with Gasteiger partial charge in [0, 0.05) is 11.3 Å². The van der Waals surface area contributed by atoms with E-state index < -0.39 is 0 Å². The Labute approximate surface area is 160 Å². The van der Waals surface area contributed by atoms with Gasteiger partial charge in [-0.05, 0) is 68.0 Å². The van der Waals surface area contributed by atoms with Crippen LogP contribution in [0.5, 0.6) is 0 Å². The molecule has 0 aliphatic heterocycles. The summed E-state index contributed by atoms with van der Waals surface area (Å²) in [6.07, 6.45) is 3.21. The lowest BCUT2D eigenvalue weighted by Gasteiger charge is -2.26. The average Bonchev–Trinajstić information content (AvgIpc) is 2.99. The van der Waals surface area contributed by atoms with Crippen LogP contribution in [0.1, 0.15) is 57.3 Å². The molecule has 1 aromatic heterocycles. The monoisotopic (exact) mass is 359 g/mol. The lowest BCUT2D eigenvalue weighted by Crippen LogP contribution is -2.30. The molecule has 4 rings (SSSR count). The van der Waals surface area contributed by atoms with E-state index in [1.54, 1.807) is 0 Å². The molecule has 27 heavy (non-hydrogen) atoms. The Hall–Kier alpha value is -2.88. The van der Waals surface area contributed by atoms with Crippen molar-refractivity contribution in [1.29, 1.82) is 0 Å². The number of nitrogens with one attached hydrogen (secondary N) is 1. The van der Waals surface area contributed by atoms with Crippen LogP contribution in [0.2, 0.25) is 0 Å². The second-order valence-corrected chi connectivity index (χ2v) is 7.40. The van der Waals surface area contributed by atoms with Crippen molar-refractivity contribution in [3.63, 3.8) is 0 Å². The van der Waals surface area contributed by atoms with Crippen LogP contribution in [-0.4, -0.2) is 15.7 Å². The highest BCUT2D eigenvalue weighted by Gasteiger charge is 2.21. The number of aromatic nitrogens is 2. The smallest absolute Gasteiger partial charge is 0.251 e. The lowest BCUT2D eigenvalue weighted by molar-refractivity contribution is 0.0932. The molecule has 3 aromatic rings. The van der Waals surface area contributed by atoms with Crippen molar-refractivity contribution < 1.29 is 4.79 Å². The van der Waals surface area contributed by atoms with E-state index in [0.717, 1.165) is 42.8 Å². The van der Waals surface area contributed by atoms with E-state index in [1.165, 1.54) is 11.1 Å². The van der Waals surface area contributed by atoms with Crippen LogP contribution in [0.4, 0.5) is 0 Å². The maximum absolute atomic E-state index is 12.7. The Balaban J connectivity index is 1.45. The molecule has 1 heterocycles. The highest BCUT2D eigenvalue weighted by Crippen LogP contribution is 2.29. The minimum absolute atomic E-state index is 0.00522. The van der Waals surface area contributed by atoms with E-state index in [1.807, 2.05) is 35.9 Å². The molecule has 4 heteroatoms. The van der Waals surface area contributed by atoms with Crippen LogP contribution >= 0.6 is 0 Å². The molecule has 1 aliphatic carbocycles. The Morgan fingerprint density at radius 2 is 1.93 bits per heavy atom. The van der Waals surface area contributed by atoms with Gasteiger partial charge in [0.2, 0.25) is 0 Å². The Morgan fingerprint density at radius 1 is 1.15 bits per heavy atom. The molecular weight excluding hydrogens is 334 g/mol. The van der Waals surface area contributed by atoms with Crippen molar-refractivity contribution in [1.82, 2.24) is 15.1 Å². The zero-order chi connectivity index (χ0) is 18.8. The molecule has 1 aliphatic rings. The van der Waals surface area contributed by atoms with Gasteiger partial charge in [-0.1, -0.05) is 36.4 Å². The van der Waals surface area contributed by atoms with Crippen LogP contribution in [0.25, 0.3) is 0 Å². The fourth-order valence-electron chi connectivity index (χ4n) is 3.91. The summed E-state index contributed by atoms with van der Waals surface area (Å²) in [5.41, 5.74) is 6.63. The lowest BCUT2D eigenvalue weighted by atomic mass is 9.87. The highest BCUT2D eigenvalue weighted by atomic mass is 16.1. The van der Waals surface area contributed by atoms with Gasteiger partial charge in [-0.25, -0.2) is 0 Å². The maximum atomic E-state index is 12.7. The largest absolute Gasteiger partial charge is 0.345 e. The standard InChI is InChI=1S/C23H25N3O/c1-16-14-17(2)26(25-16)15-18-10-12-20(13-11-18)23(27)24-22-9-5-7-19-6-3-4-8-21(19)22/h3-4,6,8,10-14,22H,5,7,9,15H2,1-2H3,(H,24,27). The molecule has 0 saturated heterocycles. The molecule has 0 spiro atoms. The summed E-state index contributed by atoms with van der Waals surface area (Å²) in [6, 6.07) is 18.5. The first-order valence-corrected chi connectivity index (χ1v) is 9.59. The van der Waals surface area contributed by atoms with Crippen LogP contribution in [0, 0.1) is 13.8 Å². The van der Waals surface area contributed by atoms with Crippen LogP contribution < -0.4 is 5.32 Å². The number of benzene rings is 2. The van der Waals surface area contributed by atoms with E-state index in [9.17, 15) is 4.79 Å². The van der Waals surface area contributed by atoms with Gasteiger partial charge in [0.1, 0.15) is 0 Å². The summed E-state index contributed by atoms with van der Waals surface area (Å²) in [5, 5.41) is 7.72. The molecule has 1 atom stereocenters. The quantitative estimate of drug-likeness (QED) is 0.752. The van der Waals surface area contributed by atoms with Crippen LogP contribution in [-0.2, 0) is 13.0 Å². The van der Waals surface area contributed by atoms with Crippen molar-refractivity contribution in [3.05, 3.63) is 88.2 Å². The van der Waals surface area contributed by atoms with Crippen molar-refractivity contribution in [2.24, 2.45) is 0 Å². The number of amides is 1. The molecular formula is C23H25N3O. The topological polar surface area (TPSA) is 46.9 Å². The van der Waals surface area contributed by atoms with Crippen molar-refractivity contribution >= 4 is 5.91 Å². The van der Waals surface area contributed by atoms with Gasteiger partial charge in [-0.3, -0.25) is 9.48 Å². The first-order chi connectivity index (χ1) is 13.1. The second kappa shape index (κ2) is 7.39. The molecule has 0 bridgehead atoms. The molecule has 0 radical (unpaired) electrons. The number of aryl methyl sites for hydroxylation is 3.